The third-order valence-electron chi connectivity index (χ3n) is 10.4. The van der Waals surface area contributed by atoms with Crippen LogP contribution in [0.2, 0.25) is 0 Å². The Bertz CT molecular complexity index is 2650. The molecule has 2 nitrogen and oxygen atoms in total. The third-order valence-corrected chi connectivity index (χ3v) is 10.4. The summed E-state index contributed by atoms with van der Waals surface area (Å²) in [6, 6.07) is 68.6. The molecule has 1 aliphatic rings. The van der Waals surface area contributed by atoms with Gasteiger partial charge in [0.1, 0.15) is 0 Å². The van der Waals surface area contributed by atoms with Gasteiger partial charge in [-0.2, -0.15) is 0 Å². The fourth-order valence-electron chi connectivity index (χ4n) is 8.40. The van der Waals surface area contributed by atoms with E-state index in [1.165, 1.54) is 66.0 Å². The molecule has 0 aliphatic heterocycles. The second kappa shape index (κ2) is 10.8. The number of rotatable bonds is 5. The first-order valence-corrected chi connectivity index (χ1v) is 16.9. The quantitative estimate of drug-likeness (QED) is 0.202. The first-order valence-electron chi connectivity index (χ1n) is 16.9. The van der Waals surface area contributed by atoms with Crippen molar-refractivity contribution in [2.45, 2.75) is 5.41 Å². The van der Waals surface area contributed by atoms with Gasteiger partial charge in [-0.1, -0.05) is 152 Å². The molecule has 1 heterocycles. The lowest BCUT2D eigenvalue weighted by Crippen LogP contribution is -2.29. The van der Waals surface area contributed by atoms with Crippen molar-refractivity contribution in [3.05, 3.63) is 210 Å². The van der Waals surface area contributed by atoms with Gasteiger partial charge >= 0.3 is 0 Å². The molecule has 0 atom stereocenters. The van der Waals surface area contributed by atoms with Crippen LogP contribution in [-0.4, -0.2) is 4.57 Å². The van der Waals surface area contributed by atoms with E-state index in [1.54, 1.807) is 0 Å². The lowest BCUT2D eigenvalue weighted by molar-refractivity contribution is 0.771. The Kier molecular flexibility index (Phi) is 6.13. The van der Waals surface area contributed by atoms with Crippen molar-refractivity contribution in [3.8, 4) is 16.8 Å². The van der Waals surface area contributed by atoms with E-state index in [-0.39, 0.29) is 0 Å². The summed E-state index contributed by atoms with van der Waals surface area (Å²) in [5.74, 6) is 0. The smallest absolute Gasteiger partial charge is 0.0733 e. The van der Waals surface area contributed by atoms with E-state index >= 15 is 0 Å². The maximum absolute atomic E-state index is 3.94. The first-order chi connectivity index (χ1) is 24.3. The van der Waals surface area contributed by atoms with Gasteiger partial charge in [0.25, 0.3) is 0 Å². The average molecular weight is 625 g/mol. The normalized spacial score (nSPS) is 13.1. The number of para-hydroxylation sites is 2. The van der Waals surface area contributed by atoms with Crippen LogP contribution < -0.4 is 5.32 Å². The highest BCUT2D eigenvalue weighted by molar-refractivity contribution is 6.10. The van der Waals surface area contributed by atoms with Gasteiger partial charge in [-0.3, -0.25) is 0 Å². The number of anilines is 2. The monoisotopic (exact) mass is 624 g/mol. The van der Waals surface area contributed by atoms with Crippen LogP contribution >= 0.6 is 0 Å². The Morgan fingerprint density at radius 3 is 1.82 bits per heavy atom. The Hall–Kier alpha value is -6.38. The highest BCUT2D eigenvalue weighted by atomic mass is 15.0. The van der Waals surface area contributed by atoms with Crippen molar-refractivity contribution in [2.75, 3.05) is 5.32 Å². The van der Waals surface area contributed by atoms with Crippen molar-refractivity contribution in [1.82, 2.24) is 4.57 Å². The Morgan fingerprint density at radius 2 is 1.02 bits per heavy atom. The summed E-state index contributed by atoms with van der Waals surface area (Å²) in [7, 11) is 0. The number of hydrogen-bond acceptors (Lipinski definition) is 1. The van der Waals surface area contributed by atoms with E-state index < -0.39 is 5.41 Å². The fourth-order valence-corrected chi connectivity index (χ4v) is 8.40. The Balaban J connectivity index is 1.18. The van der Waals surface area contributed by atoms with Gasteiger partial charge in [0, 0.05) is 27.8 Å². The van der Waals surface area contributed by atoms with Crippen LogP contribution in [-0.2, 0) is 5.41 Å². The highest BCUT2D eigenvalue weighted by Crippen LogP contribution is 2.57. The molecule has 0 saturated heterocycles. The van der Waals surface area contributed by atoms with E-state index in [2.05, 4.69) is 198 Å². The van der Waals surface area contributed by atoms with E-state index in [4.69, 9.17) is 0 Å². The Morgan fingerprint density at radius 1 is 0.408 bits per heavy atom. The zero-order chi connectivity index (χ0) is 32.4. The molecule has 0 spiro atoms. The summed E-state index contributed by atoms with van der Waals surface area (Å²) in [5, 5.41) is 8.90. The molecule has 8 aromatic carbocycles. The zero-order valence-electron chi connectivity index (χ0n) is 26.8. The van der Waals surface area contributed by atoms with Crippen molar-refractivity contribution < 1.29 is 0 Å². The van der Waals surface area contributed by atoms with Gasteiger partial charge in [-0.25, -0.2) is 0 Å². The minimum absolute atomic E-state index is 0.484. The van der Waals surface area contributed by atoms with Gasteiger partial charge < -0.3 is 9.88 Å². The number of hydrogen-bond donors (Lipinski definition) is 1. The minimum Gasteiger partial charge on any atom is -0.355 e. The largest absolute Gasteiger partial charge is 0.355 e. The third kappa shape index (κ3) is 4.07. The average Bonchev–Trinajstić information content (AvgIpc) is 3.66. The van der Waals surface area contributed by atoms with Crippen LogP contribution in [0.5, 0.6) is 0 Å². The molecule has 9 aromatic rings. The predicted molar refractivity (Wildman–Crippen MR) is 205 cm³/mol. The van der Waals surface area contributed by atoms with Gasteiger partial charge in [0.2, 0.25) is 0 Å². The molecule has 0 bridgehead atoms. The Labute approximate surface area is 285 Å². The molecule has 10 rings (SSSR count). The molecule has 0 unspecified atom stereocenters. The summed E-state index contributed by atoms with van der Waals surface area (Å²) in [6.07, 6.45) is 0. The van der Waals surface area contributed by atoms with Crippen molar-refractivity contribution in [1.29, 1.82) is 0 Å². The summed E-state index contributed by atoms with van der Waals surface area (Å²) in [4.78, 5) is 0. The standard InChI is InChI=1S/C47H32N2/c1-2-16-34(17-3-1)47(41-21-9-6-18-37(41)38-19-7-10-22-42(38)47)43-23-11-12-24-44(43)48-35-27-29-40-39-20-8-13-25-45(39)49(46(40)31-35)36-28-26-32-14-4-5-15-33(32)30-36/h1-31,48H. The molecule has 0 amide bonds. The molecule has 230 valence electrons. The van der Waals surface area contributed by atoms with Crippen LogP contribution in [0.15, 0.2) is 188 Å². The SMILES string of the molecule is c1ccc(C2(c3ccccc3Nc3ccc4c5ccccc5n(-c5ccc6ccccc6c5)c4c3)c3ccccc3-c3ccccc32)cc1. The van der Waals surface area contributed by atoms with Gasteiger partial charge in [-0.05, 0) is 80.6 Å². The van der Waals surface area contributed by atoms with Crippen LogP contribution in [0.25, 0.3) is 49.4 Å². The molecule has 1 N–H and O–H groups in total. The number of nitrogens with zero attached hydrogens (tertiary/aromatic N) is 1. The highest BCUT2D eigenvalue weighted by Gasteiger charge is 2.46. The molecular weight excluding hydrogens is 593 g/mol. The summed E-state index contributed by atoms with van der Waals surface area (Å²) < 4.78 is 2.41. The van der Waals surface area contributed by atoms with E-state index in [9.17, 15) is 0 Å². The van der Waals surface area contributed by atoms with Crippen molar-refractivity contribution in [2.24, 2.45) is 0 Å². The second-order valence-electron chi connectivity index (χ2n) is 13.0. The second-order valence-corrected chi connectivity index (χ2v) is 13.0. The van der Waals surface area contributed by atoms with Gasteiger partial charge in [-0.15, -0.1) is 0 Å². The summed E-state index contributed by atoms with van der Waals surface area (Å²) in [6.45, 7) is 0. The van der Waals surface area contributed by atoms with Gasteiger partial charge in [0.15, 0.2) is 0 Å². The summed E-state index contributed by atoms with van der Waals surface area (Å²) in [5.41, 5.74) is 12.9. The molecule has 1 aliphatic carbocycles. The van der Waals surface area contributed by atoms with Gasteiger partial charge in [0.05, 0.1) is 16.4 Å². The van der Waals surface area contributed by atoms with Crippen LogP contribution in [0, 0.1) is 0 Å². The molecule has 1 aromatic heterocycles. The molecule has 49 heavy (non-hydrogen) atoms. The van der Waals surface area contributed by atoms with Crippen LogP contribution in [0.4, 0.5) is 11.4 Å². The lowest BCUT2D eigenvalue weighted by Gasteiger charge is -2.35. The van der Waals surface area contributed by atoms with Crippen LogP contribution in [0.3, 0.4) is 0 Å². The van der Waals surface area contributed by atoms with E-state index in [0.29, 0.717) is 0 Å². The molecule has 0 fully saturated rings. The maximum Gasteiger partial charge on any atom is 0.0733 e. The minimum atomic E-state index is -0.484. The van der Waals surface area contributed by atoms with E-state index in [0.717, 1.165) is 17.1 Å². The molecule has 0 saturated carbocycles. The number of nitrogens with one attached hydrogen (secondary N) is 1. The van der Waals surface area contributed by atoms with Crippen LogP contribution in [0.1, 0.15) is 22.3 Å². The number of fused-ring (bicyclic) bond motifs is 7. The van der Waals surface area contributed by atoms with Crippen molar-refractivity contribution in [3.63, 3.8) is 0 Å². The lowest BCUT2D eigenvalue weighted by atomic mass is 9.67. The zero-order valence-corrected chi connectivity index (χ0v) is 26.8. The molecular formula is C47H32N2. The number of aromatic nitrogens is 1. The van der Waals surface area contributed by atoms with E-state index in [1.807, 2.05) is 0 Å². The molecule has 0 radical (unpaired) electrons. The predicted octanol–water partition coefficient (Wildman–Crippen LogP) is 12.0. The molecule has 2 heteroatoms. The summed E-state index contributed by atoms with van der Waals surface area (Å²) >= 11 is 0. The van der Waals surface area contributed by atoms with Crippen molar-refractivity contribution >= 4 is 44.0 Å². The fraction of sp³-hybridized carbons (Fsp3) is 0.0213. The first kappa shape index (κ1) is 27.7. The maximum atomic E-state index is 3.94. The topological polar surface area (TPSA) is 17.0 Å². The number of benzene rings is 8.